The number of hydrogen-bond donors (Lipinski definition) is 1. The van der Waals surface area contributed by atoms with Gasteiger partial charge in [0.1, 0.15) is 0 Å². The van der Waals surface area contributed by atoms with Crippen LogP contribution in [0.25, 0.3) is 0 Å². The summed E-state index contributed by atoms with van der Waals surface area (Å²) >= 11 is 0. The zero-order valence-corrected chi connectivity index (χ0v) is 6.05. The normalized spacial score (nSPS) is 44.2. The molecule has 2 nitrogen and oxygen atoms in total. The van der Waals surface area contributed by atoms with E-state index >= 15 is 0 Å². The zero-order chi connectivity index (χ0) is 7.14. The van der Waals surface area contributed by atoms with Crippen LogP contribution in [0.4, 0.5) is 0 Å². The Labute approximate surface area is 60.8 Å². The van der Waals surface area contributed by atoms with E-state index in [2.05, 4.69) is 0 Å². The minimum Gasteiger partial charge on any atom is -0.369 e. The maximum absolute atomic E-state index is 10.7. The molecule has 2 aliphatic carbocycles. The Morgan fingerprint density at radius 3 is 2.60 bits per heavy atom. The molecule has 2 saturated carbocycles. The Morgan fingerprint density at radius 1 is 1.20 bits per heavy atom. The molecule has 0 saturated heterocycles. The molecule has 2 rings (SSSR count). The molecule has 2 aliphatic rings. The van der Waals surface area contributed by atoms with Gasteiger partial charge in [0.05, 0.1) is 0 Å². The van der Waals surface area contributed by atoms with Crippen LogP contribution in [-0.2, 0) is 4.79 Å². The fraction of sp³-hybridized carbons (Fsp3) is 0.875. The van der Waals surface area contributed by atoms with Crippen LogP contribution in [0.5, 0.6) is 0 Å². The van der Waals surface area contributed by atoms with Crippen molar-refractivity contribution in [3.05, 3.63) is 0 Å². The molecule has 0 aromatic heterocycles. The first-order chi connectivity index (χ1) is 4.77. The van der Waals surface area contributed by atoms with Crippen LogP contribution in [0.1, 0.15) is 25.7 Å². The van der Waals surface area contributed by atoms with Crippen LogP contribution in [0.15, 0.2) is 0 Å². The predicted octanol–water partition coefficient (Wildman–Crippen LogP) is 0.908. The molecule has 0 aromatic rings. The third-order valence-electron chi connectivity index (χ3n) is 2.94. The maximum Gasteiger partial charge on any atom is 0.220 e. The molecule has 3 unspecified atom stereocenters. The summed E-state index contributed by atoms with van der Waals surface area (Å²) in [6.45, 7) is 0. The van der Waals surface area contributed by atoms with Crippen LogP contribution in [0.2, 0.25) is 0 Å². The standard InChI is InChI=1S/C8H13NO/c9-8(10)6-2-1-5-3-7(5)4-6/h5-7H,1-4H2,(H2,9,10). The minimum absolute atomic E-state index is 0.0784. The van der Waals surface area contributed by atoms with Gasteiger partial charge in [0, 0.05) is 5.92 Å². The van der Waals surface area contributed by atoms with Crippen molar-refractivity contribution in [3.63, 3.8) is 0 Å². The Hall–Kier alpha value is -0.530. The Bertz CT molecular complexity index is 167. The lowest BCUT2D eigenvalue weighted by Crippen LogP contribution is -2.25. The summed E-state index contributed by atoms with van der Waals surface area (Å²) in [4.78, 5) is 10.7. The summed E-state index contributed by atoms with van der Waals surface area (Å²) in [5.41, 5.74) is 5.21. The second kappa shape index (κ2) is 1.97. The van der Waals surface area contributed by atoms with Crippen LogP contribution in [0.3, 0.4) is 0 Å². The van der Waals surface area contributed by atoms with Crippen LogP contribution in [-0.4, -0.2) is 5.91 Å². The number of fused-ring (bicyclic) bond motifs is 1. The monoisotopic (exact) mass is 139 g/mol. The van der Waals surface area contributed by atoms with Gasteiger partial charge in [-0.25, -0.2) is 0 Å². The molecule has 2 N–H and O–H groups in total. The first kappa shape index (κ1) is 6.20. The van der Waals surface area contributed by atoms with E-state index < -0.39 is 0 Å². The number of rotatable bonds is 1. The van der Waals surface area contributed by atoms with Gasteiger partial charge in [-0.1, -0.05) is 0 Å². The second-order valence-corrected chi connectivity index (χ2v) is 3.67. The van der Waals surface area contributed by atoms with Crippen LogP contribution < -0.4 is 5.73 Å². The highest BCUT2D eigenvalue weighted by molar-refractivity contribution is 5.76. The van der Waals surface area contributed by atoms with Crippen molar-refractivity contribution in [2.24, 2.45) is 23.5 Å². The first-order valence-corrected chi connectivity index (χ1v) is 4.06. The van der Waals surface area contributed by atoms with E-state index in [1.54, 1.807) is 0 Å². The van der Waals surface area contributed by atoms with Crippen LogP contribution >= 0.6 is 0 Å². The second-order valence-electron chi connectivity index (χ2n) is 3.67. The van der Waals surface area contributed by atoms with Crippen molar-refractivity contribution in [1.29, 1.82) is 0 Å². The summed E-state index contributed by atoms with van der Waals surface area (Å²) in [5.74, 6) is 1.97. The summed E-state index contributed by atoms with van der Waals surface area (Å²) in [6.07, 6.45) is 4.75. The van der Waals surface area contributed by atoms with Gasteiger partial charge in [0.2, 0.25) is 5.91 Å². The van der Waals surface area contributed by atoms with E-state index in [-0.39, 0.29) is 11.8 Å². The lowest BCUT2D eigenvalue weighted by Gasteiger charge is -2.16. The lowest BCUT2D eigenvalue weighted by atomic mass is 9.89. The smallest absolute Gasteiger partial charge is 0.220 e. The number of primary amides is 1. The average molecular weight is 139 g/mol. The van der Waals surface area contributed by atoms with Crippen LogP contribution in [0, 0.1) is 17.8 Å². The number of nitrogens with two attached hydrogens (primary N) is 1. The van der Waals surface area contributed by atoms with Crippen molar-refractivity contribution in [2.75, 3.05) is 0 Å². The largest absolute Gasteiger partial charge is 0.369 e. The fourth-order valence-electron chi connectivity index (χ4n) is 2.11. The van der Waals surface area contributed by atoms with E-state index in [1.807, 2.05) is 0 Å². The zero-order valence-electron chi connectivity index (χ0n) is 6.05. The van der Waals surface area contributed by atoms with E-state index in [0.717, 1.165) is 24.7 Å². The van der Waals surface area contributed by atoms with Gasteiger partial charge in [-0.05, 0) is 37.5 Å². The highest BCUT2D eigenvalue weighted by Gasteiger charge is 2.43. The molecule has 56 valence electrons. The molecule has 1 amide bonds. The van der Waals surface area contributed by atoms with Crippen molar-refractivity contribution in [3.8, 4) is 0 Å². The number of carbonyl (C=O) groups excluding carboxylic acids is 1. The molecular formula is C8H13NO. The maximum atomic E-state index is 10.7. The van der Waals surface area contributed by atoms with Crippen molar-refractivity contribution in [2.45, 2.75) is 25.7 Å². The summed E-state index contributed by atoms with van der Waals surface area (Å²) in [7, 11) is 0. The molecule has 0 heterocycles. The summed E-state index contributed by atoms with van der Waals surface area (Å²) < 4.78 is 0. The van der Waals surface area contributed by atoms with E-state index in [0.29, 0.717) is 0 Å². The third-order valence-corrected chi connectivity index (χ3v) is 2.94. The molecule has 0 aliphatic heterocycles. The molecule has 0 bridgehead atoms. The Kier molecular flexibility index (Phi) is 1.22. The molecule has 10 heavy (non-hydrogen) atoms. The topological polar surface area (TPSA) is 43.1 Å². The van der Waals surface area contributed by atoms with Gasteiger partial charge in [0.15, 0.2) is 0 Å². The number of carbonyl (C=O) groups is 1. The van der Waals surface area contributed by atoms with Crippen molar-refractivity contribution in [1.82, 2.24) is 0 Å². The van der Waals surface area contributed by atoms with E-state index in [1.165, 1.54) is 12.8 Å². The van der Waals surface area contributed by atoms with E-state index in [9.17, 15) is 4.79 Å². The minimum atomic E-state index is -0.0784. The van der Waals surface area contributed by atoms with E-state index in [4.69, 9.17) is 5.73 Å². The highest BCUT2D eigenvalue weighted by atomic mass is 16.1. The Morgan fingerprint density at radius 2 is 2.00 bits per heavy atom. The molecule has 0 aromatic carbocycles. The summed E-state index contributed by atoms with van der Waals surface area (Å²) in [6, 6.07) is 0. The van der Waals surface area contributed by atoms with Gasteiger partial charge in [-0.2, -0.15) is 0 Å². The molecule has 3 atom stereocenters. The predicted molar refractivity (Wildman–Crippen MR) is 38.1 cm³/mol. The molecular weight excluding hydrogens is 126 g/mol. The Balaban J connectivity index is 1.94. The first-order valence-electron chi connectivity index (χ1n) is 4.06. The summed E-state index contributed by atoms with van der Waals surface area (Å²) in [5, 5.41) is 0. The number of hydrogen-bond acceptors (Lipinski definition) is 1. The molecule has 2 fully saturated rings. The van der Waals surface area contributed by atoms with Crippen molar-refractivity contribution >= 4 is 5.91 Å². The van der Waals surface area contributed by atoms with Gasteiger partial charge in [-0.15, -0.1) is 0 Å². The third kappa shape index (κ3) is 0.917. The molecule has 2 heteroatoms. The van der Waals surface area contributed by atoms with Gasteiger partial charge in [-0.3, -0.25) is 4.79 Å². The SMILES string of the molecule is NC(=O)C1CCC2CC2C1. The van der Waals surface area contributed by atoms with Gasteiger partial charge in [0.25, 0.3) is 0 Å². The fourth-order valence-corrected chi connectivity index (χ4v) is 2.11. The highest BCUT2D eigenvalue weighted by Crippen LogP contribution is 2.51. The molecule has 0 spiro atoms. The average Bonchev–Trinajstić information content (AvgIpc) is 2.63. The van der Waals surface area contributed by atoms with Gasteiger partial charge < -0.3 is 5.73 Å². The quantitative estimate of drug-likeness (QED) is 0.576. The van der Waals surface area contributed by atoms with Gasteiger partial charge >= 0.3 is 0 Å². The lowest BCUT2D eigenvalue weighted by molar-refractivity contribution is -0.122. The number of amides is 1. The molecule has 0 radical (unpaired) electrons. The van der Waals surface area contributed by atoms with Crippen molar-refractivity contribution < 1.29 is 4.79 Å².